The van der Waals surface area contributed by atoms with Gasteiger partial charge in [0.15, 0.2) is 0 Å². The van der Waals surface area contributed by atoms with Crippen LogP contribution in [0.25, 0.3) is 0 Å². The van der Waals surface area contributed by atoms with E-state index in [1.807, 2.05) is 6.92 Å². The van der Waals surface area contributed by atoms with E-state index < -0.39 is 11.9 Å². The van der Waals surface area contributed by atoms with E-state index in [9.17, 15) is 14.0 Å². The van der Waals surface area contributed by atoms with Crippen LogP contribution in [-0.4, -0.2) is 36.3 Å². The molecule has 1 unspecified atom stereocenters. The third kappa shape index (κ3) is 3.07. The van der Waals surface area contributed by atoms with Crippen LogP contribution in [0.15, 0.2) is 42.5 Å². The molecule has 6 heteroatoms. The Morgan fingerprint density at radius 1 is 1.28 bits per heavy atom. The van der Waals surface area contributed by atoms with Gasteiger partial charge in [-0.3, -0.25) is 9.59 Å². The zero-order valence-electron chi connectivity index (χ0n) is 14.2. The molecule has 2 aromatic rings. The topological polar surface area (TPSA) is 66.6 Å². The number of para-hydroxylation sites is 1. The lowest BCUT2D eigenvalue weighted by Gasteiger charge is -2.25. The molecule has 2 N–H and O–H groups in total. The number of anilines is 2. The fraction of sp³-hybridized carbons (Fsp3) is 0.263. The Kier molecular flexibility index (Phi) is 4.44. The lowest BCUT2D eigenvalue weighted by atomic mass is 10.1. The molecule has 1 heterocycles. The van der Waals surface area contributed by atoms with E-state index in [1.165, 1.54) is 15.9 Å². The molecule has 3 rings (SSSR count). The molecule has 1 aliphatic rings. The molecule has 1 aliphatic heterocycles. The lowest BCUT2D eigenvalue weighted by Crippen LogP contribution is -2.43. The predicted octanol–water partition coefficient (Wildman–Crippen LogP) is 2.59. The largest absolute Gasteiger partial charge is 0.399 e. The molecule has 1 atom stereocenters. The highest BCUT2D eigenvalue weighted by atomic mass is 19.1. The number of nitrogens with zero attached hydrogens (tertiary/aromatic N) is 2. The van der Waals surface area contributed by atoms with Gasteiger partial charge < -0.3 is 15.5 Å². The first-order valence-electron chi connectivity index (χ1n) is 8.09. The number of rotatable bonds is 3. The SMILES string of the molecule is Cc1ccc(N)cc1C(=O)N(C)C1CCN(c2ccccc2F)C1=O. The Morgan fingerprint density at radius 2 is 2.00 bits per heavy atom. The zero-order valence-corrected chi connectivity index (χ0v) is 14.2. The van der Waals surface area contributed by atoms with Crippen LogP contribution >= 0.6 is 0 Å². The number of benzene rings is 2. The molecule has 130 valence electrons. The predicted molar refractivity (Wildman–Crippen MR) is 94.8 cm³/mol. The molecule has 2 aromatic carbocycles. The maximum Gasteiger partial charge on any atom is 0.254 e. The van der Waals surface area contributed by atoms with Gasteiger partial charge in [-0.1, -0.05) is 18.2 Å². The van der Waals surface area contributed by atoms with Crippen molar-refractivity contribution in [2.45, 2.75) is 19.4 Å². The van der Waals surface area contributed by atoms with Crippen molar-refractivity contribution in [2.75, 3.05) is 24.2 Å². The van der Waals surface area contributed by atoms with Crippen LogP contribution in [-0.2, 0) is 4.79 Å². The van der Waals surface area contributed by atoms with E-state index in [4.69, 9.17) is 5.73 Å². The highest BCUT2D eigenvalue weighted by Crippen LogP contribution is 2.27. The van der Waals surface area contributed by atoms with E-state index in [-0.39, 0.29) is 17.5 Å². The summed E-state index contributed by atoms with van der Waals surface area (Å²) in [4.78, 5) is 28.3. The number of aryl methyl sites for hydroxylation is 1. The normalized spacial score (nSPS) is 17.0. The minimum atomic E-state index is -0.618. The van der Waals surface area contributed by atoms with Crippen LogP contribution in [0.3, 0.4) is 0 Å². The van der Waals surface area contributed by atoms with Crippen molar-refractivity contribution in [1.29, 1.82) is 0 Å². The summed E-state index contributed by atoms with van der Waals surface area (Å²) >= 11 is 0. The number of carbonyl (C=O) groups is 2. The van der Waals surface area contributed by atoms with Gasteiger partial charge in [0.05, 0.1) is 5.69 Å². The summed E-state index contributed by atoms with van der Waals surface area (Å²) < 4.78 is 14.0. The summed E-state index contributed by atoms with van der Waals surface area (Å²) in [6.45, 7) is 2.20. The van der Waals surface area contributed by atoms with Crippen molar-refractivity contribution in [1.82, 2.24) is 4.90 Å². The average molecular weight is 341 g/mol. The van der Waals surface area contributed by atoms with Crippen LogP contribution in [0.4, 0.5) is 15.8 Å². The monoisotopic (exact) mass is 341 g/mol. The van der Waals surface area contributed by atoms with E-state index in [1.54, 1.807) is 43.4 Å². The molecule has 25 heavy (non-hydrogen) atoms. The number of nitrogens with two attached hydrogens (primary N) is 1. The first kappa shape index (κ1) is 17.0. The smallest absolute Gasteiger partial charge is 0.254 e. The molecule has 2 amide bonds. The molecular weight excluding hydrogens is 321 g/mol. The summed E-state index contributed by atoms with van der Waals surface area (Å²) in [6, 6.07) is 10.7. The molecule has 1 saturated heterocycles. The van der Waals surface area contributed by atoms with Gasteiger partial charge >= 0.3 is 0 Å². The van der Waals surface area contributed by atoms with E-state index in [0.717, 1.165) is 5.56 Å². The molecule has 0 aromatic heterocycles. The zero-order chi connectivity index (χ0) is 18.1. The minimum absolute atomic E-state index is 0.246. The van der Waals surface area contributed by atoms with Gasteiger partial charge in [-0.15, -0.1) is 0 Å². The van der Waals surface area contributed by atoms with Crippen molar-refractivity contribution in [3.05, 3.63) is 59.4 Å². The third-order valence-corrected chi connectivity index (χ3v) is 4.60. The maximum absolute atomic E-state index is 14.0. The fourth-order valence-corrected chi connectivity index (χ4v) is 3.14. The molecule has 1 fully saturated rings. The lowest BCUT2D eigenvalue weighted by molar-refractivity contribution is -0.120. The second-order valence-corrected chi connectivity index (χ2v) is 6.24. The quantitative estimate of drug-likeness (QED) is 0.873. The summed E-state index contributed by atoms with van der Waals surface area (Å²) in [5.74, 6) is -0.988. The maximum atomic E-state index is 14.0. The molecule has 0 spiro atoms. The number of nitrogen functional groups attached to an aromatic ring is 1. The van der Waals surface area contributed by atoms with Crippen LogP contribution < -0.4 is 10.6 Å². The van der Waals surface area contributed by atoms with Crippen LogP contribution in [0.5, 0.6) is 0 Å². The van der Waals surface area contributed by atoms with Crippen LogP contribution in [0, 0.1) is 12.7 Å². The highest BCUT2D eigenvalue weighted by Gasteiger charge is 2.38. The first-order valence-corrected chi connectivity index (χ1v) is 8.09. The molecule has 0 aliphatic carbocycles. The standard InChI is InChI=1S/C19H20FN3O2/c1-12-7-8-13(21)11-14(12)18(24)22(2)17-9-10-23(19(17)25)16-6-4-3-5-15(16)20/h3-8,11,17H,9-10,21H2,1-2H3. The first-order chi connectivity index (χ1) is 11.9. The van der Waals surface area contributed by atoms with Gasteiger partial charge in [-0.05, 0) is 43.2 Å². The van der Waals surface area contributed by atoms with Crippen LogP contribution in [0.2, 0.25) is 0 Å². The van der Waals surface area contributed by atoms with Crippen LogP contribution in [0.1, 0.15) is 22.3 Å². The van der Waals surface area contributed by atoms with Crippen molar-refractivity contribution in [3.8, 4) is 0 Å². The Labute approximate surface area is 145 Å². The second kappa shape index (κ2) is 6.55. The summed E-state index contributed by atoms with van der Waals surface area (Å²) in [5.41, 5.74) is 7.78. The van der Waals surface area contributed by atoms with Crippen molar-refractivity contribution in [2.24, 2.45) is 0 Å². The Balaban J connectivity index is 1.83. The summed E-state index contributed by atoms with van der Waals surface area (Å²) in [6.07, 6.45) is 0.455. The number of hydrogen-bond acceptors (Lipinski definition) is 3. The van der Waals surface area contributed by atoms with Gasteiger partial charge in [-0.25, -0.2) is 4.39 Å². The van der Waals surface area contributed by atoms with Crippen molar-refractivity contribution >= 4 is 23.2 Å². The Hall–Kier alpha value is -2.89. The molecule has 0 saturated carbocycles. The number of carbonyl (C=O) groups excluding carboxylic acids is 2. The molecule has 0 bridgehead atoms. The van der Waals surface area contributed by atoms with Crippen molar-refractivity contribution < 1.29 is 14.0 Å². The van der Waals surface area contributed by atoms with Gasteiger partial charge in [0.2, 0.25) is 5.91 Å². The average Bonchev–Trinajstić information content (AvgIpc) is 2.97. The summed E-state index contributed by atoms with van der Waals surface area (Å²) in [5, 5.41) is 0. The highest BCUT2D eigenvalue weighted by molar-refractivity contribution is 6.04. The van der Waals surface area contributed by atoms with E-state index in [2.05, 4.69) is 0 Å². The molecule has 0 radical (unpaired) electrons. The van der Waals surface area contributed by atoms with E-state index in [0.29, 0.717) is 24.2 Å². The third-order valence-electron chi connectivity index (χ3n) is 4.60. The number of halogens is 1. The number of hydrogen-bond donors (Lipinski definition) is 1. The Bertz CT molecular complexity index is 837. The van der Waals surface area contributed by atoms with E-state index >= 15 is 0 Å². The minimum Gasteiger partial charge on any atom is -0.399 e. The van der Waals surface area contributed by atoms with Gasteiger partial charge in [0.25, 0.3) is 5.91 Å². The summed E-state index contributed by atoms with van der Waals surface area (Å²) in [7, 11) is 1.60. The van der Waals surface area contributed by atoms with Gasteiger partial charge in [0.1, 0.15) is 11.9 Å². The fourth-order valence-electron chi connectivity index (χ4n) is 3.14. The van der Waals surface area contributed by atoms with Gasteiger partial charge in [0, 0.05) is 24.8 Å². The molecule has 5 nitrogen and oxygen atoms in total. The van der Waals surface area contributed by atoms with Crippen molar-refractivity contribution in [3.63, 3.8) is 0 Å². The molecular formula is C19H20FN3O2. The number of amides is 2. The van der Waals surface area contributed by atoms with Gasteiger partial charge in [-0.2, -0.15) is 0 Å². The second-order valence-electron chi connectivity index (χ2n) is 6.24. The number of likely N-dealkylation sites (N-methyl/N-ethyl adjacent to an activating group) is 1. The Morgan fingerprint density at radius 3 is 2.72 bits per heavy atom.